The number of benzene rings is 1. The summed E-state index contributed by atoms with van der Waals surface area (Å²) >= 11 is 0. The van der Waals surface area contributed by atoms with Crippen LogP contribution >= 0.6 is 0 Å². The molecule has 0 aromatic heterocycles. The number of nitriles is 1. The molecule has 0 amide bonds. The van der Waals surface area contributed by atoms with Crippen LogP contribution in [0.15, 0.2) is 29.2 Å². The van der Waals surface area contributed by atoms with Crippen LogP contribution in [0.25, 0.3) is 0 Å². The molecule has 0 bridgehead atoms. The van der Waals surface area contributed by atoms with Crippen molar-refractivity contribution in [2.24, 2.45) is 5.92 Å². The number of ether oxygens (including phenoxy) is 1. The normalized spacial score (nSPS) is 29.3. The molecule has 6 nitrogen and oxygen atoms in total. The van der Waals surface area contributed by atoms with E-state index >= 15 is 0 Å². The third kappa shape index (κ3) is 3.00. The standard InChI is InChI=1S/C16H20N2O4S/c17-10-12-4-1-2-7-16(12)23(20,21)18-8-9-22-11-14(18)13-5-3-6-15(13)19/h1-2,4,7,13-15,19H,3,5-6,8-9,11H2. The van der Waals surface area contributed by atoms with Gasteiger partial charge in [0, 0.05) is 12.5 Å². The molecule has 1 aromatic rings. The van der Waals surface area contributed by atoms with Gasteiger partial charge >= 0.3 is 0 Å². The zero-order chi connectivity index (χ0) is 16.4. The Morgan fingerprint density at radius 2 is 2.09 bits per heavy atom. The van der Waals surface area contributed by atoms with Crippen LogP contribution in [0.2, 0.25) is 0 Å². The Labute approximate surface area is 136 Å². The maximum atomic E-state index is 13.1. The number of hydrogen-bond acceptors (Lipinski definition) is 5. The molecule has 7 heteroatoms. The zero-order valence-electron chi connectivity index (χ0n) is 12.8. The zero-order valence-corrected chi connectivity index (χ0v) is 13.6. The van der Waals surface area contributed by atoms with Gasteiger partial charge in [0.25, 0.3) is 0 Å². The van der Waals surface area contributed by atoms with E-state index in [1.165, 1.54) is 16.4 Å². The number of morpholine rings is 1. The summed E-state index contributed by atoms with van der Waals surface area (Å²) < 4.78 is 33.1. The fraction of sp³-hybridized carbons (Fsp3) is 0.562. The van der Waals surface area contributed by atoms with Crippen LogP contribution < -0.4 is 0 Å². The lowest BCUT2D eigenvalue weighted by molar-refractivity contribution is -0.0148. The lowest BCUT2D eigenvalue weighted by Gasteiger charge is -2.39. The van der Waals surface area contributed by atoms with Crippen molar-refractivity contribution in [1.82, 2.24) is 4.31 Å². The van der Waals surface area contributed by atoms with Gasteiger partial charge < -0.3 is 9.84 Å². The largest absolute Gasteiger partial charge is 0.393 e. The summed E-state index contributed by atoms with van der Waals surface area (Å²) in [6, 6.07) is 7.81. The van der Waals surface area contributed by atoms with E-state index in [-0.39, 0.29) is 35.6 Å². The van der Waals surface area contributed by atoms with E-state index in [4.69, 9.17) is 4.74 Å². The molecule has 1 aromatic carbocycles. The van der Waals surface area contributed by atoms with Gasteiger partial charge in [0.15, 0.2) is 0 Å². The highest BCUT2D eigenvalue weighted by Gasteiger charge is 2.43. The van der Waals surface area contributed by atoms with Crippen LogP contribution in [-0.2, 0) is 14.8 Å². The van der Waals surface area contributed by atoms with Crippen molar-refractivity contribution in [2.75, 3.05) is 19.8 Å². The first-order chi connectivity index (χ1) is 11.1. The summed E-state index contributed by atoms with van der Waals surface area (Å²) in [5.74, 6) is -0.112. The Bertz CT molecular complexity index is 713. The first-order valence-electron chi connectivity index (χ1n) is 7.82. The number of nitrogens with zero attached hydrogens (tertiary/aromatic N) is 2. The van der Waals surface area contributed by atoms with E-state index in [9.17, 15) is 18.8 Å². The molecule has 1 aliphatic heterocycles. The molecule has 0 radical (unpaired) electrons. The summed E-state index contributed by atoms with van der Waals surface area (Å²) in [4.78, 5) is 0.0295. The van der Waals surface area contributed by atoms with Crippen molar-refractivity contribution in [3.05, 3.63) is 29.8 Å². The van der Waals surface area contributed by atoms with Gasteiger partial charge in [-0.15, -0.1) is 0 Å². The molecule has 2 fully saturated rings. The van der Waals surface area contributed by atoms with Gasteiger partial charge in [-0.2, -0.15) is 9.57 Å². The quantitative estimate of drug-likeness (QED) is 0.893. The average molecular weight is 336 g/mol. The van der Waals surface area contributed by atoms with Gasteiger partial charge in [0.1, 0.15) is 6.07 Å². The molecule has 124 valence electrons. The lowest BCUT2D eigenvalue weighted by Crippen LogP contribution is -2.53. The van der Waals surface area contributed by atoms with Gasteiger partial charge in [-0.1, -0.05) is 18.6 Å². The smallest absolute Gasteiger partial charge is 0.244 e. The van der Waals surface area contributed by atoms with Crippen LogP contribution in [0.1, 0.15) is 24.8 Å². The van der Waals surface area contributed by atoms with Crippen molar-refractivity contribution in [2.45, 2.75) is 36.3 Å². The number of rotatable bonds is 3. The SMILES string of the molecule is N#Cc1ccccc1S(=O)(=O)N1CCOCC1C1CCCC1O. The molecule has 3 unspecified atom stereocenters. The molecular formula is C16H20N2O4S. The monoisotopic (exact) mass is 336 g/mol. The van der Waals surface area contributed by atoms with Gasteiger partial charge in [-0.3, -0.25) is 0 Å². The van der Waals surface area contributed by atoms with Gasteiger partial charge in [0.05, 0.1) is 35.8 Å². The maximum absolute atomic E-state index is 13.1. The Hall–Kier alpha value is -1.46. The van der Waals surface area contributed by atoms with Crippen LogP contribution in [-0.4, -0.2) is 49.7 Å². The Morgan fingerprint density at radius 3 is 2.78 bits per heavy atom. The number of hydrogen-bond donors (Lipinski definition) is 1. The molecule has 1 saturated heterocycles. The number of aliphatic hydroxyl groups is 1. The van der Waals surface area contributed by atoms with Crippen LogP contribution in [0.5, 0.6) is 0 Å². The molecule has 3 atom stereocenters. The molecule has 23 heavy (non-hydrogen) atoms. The van der Waals surface area contributed by atoms with Gasteiger partial charge in [0.2, 0.25) is 10.0 Å². The fourth-order valence-electron chi connectivity index (χ4n) is 3.57. The van der Waals surface area contributed by atoms with Crippen molar-refractivity contribution >= 4 is 10.0 Å². The molecule has 1 aliphatic carbocycles. The van der Waals surface area contributed by atoms with Crippen molar-refractivity contribution in [3.8, 4) is 6.07 Å². The van der Waals surface area contributed by atoms with E-state index in [1.807, 2.05) is 6.07 Å². The third-order valence-corrected chi connectivity index (χ3v) is 6.72. The van der Waals surface area contributed by atoms with Crippen LogP contribution in [0, 0.1) is 17.2 Å². The van der Waals surface area contributed by atoms with E-state index in [2.05, 4.69) is 0 Å². The van der Waals surface area contributed by atoms with Crippen LogP contribution in [0.4, 0.5) is 0 Å². The minimum atomic E-state index is -3.80. The fourth-order valence-corrected chi connectivity index (χ4v) is 5.35. The summed E-state index contributed by atoms with van der Waals surface area (Å²) in [7, 11) is -3.80. The molecule has 2 aliphatic rings. The van der Waals surface area contributed by atoms with Crippen LogP contribution in [0.3, 0.4) is 0 Å². The molecule has 0 spiro atoms. The highest BCUT2D eigenvalue weighted by molar-refractivity contribution is 7.89. The first kappa shape index (κ1) is 16.4. The molecular weight excluding hydrogens is 316 g/mol. The highest BCUT2D eigenvalue weighted by Crippen LogP contribution is 2.35. The van der Waals surface area contributed by atoms with Crippen molar-refractivity contribution in [1.29, 1.82) is 5.26 Å². The Balaban J connectivity index is 1.98. The Morgan fingerprint density at radius 1 is 1.30 bits per heavy atom. The predicted octanol–water partition coefficient (Wildman–Crippen LogP) is 1.11. The first-order valence-corrected chi connectivity index (χ1v) is 9.26. The Kier molecular flexibility index (Phi) is 4.69. The van der Waals surface area contributed by atoms with E-state index in [1.54, 1.807) is 12.1 Å². The van der Waals surface area contributed by atoms with E-state index in [0.717, 1.165) is 12.8 Å². The minimum Gasteiger partial charge on any atom is -0.393 e. The second-order valence-corrected chi connectivity index (χ2v) is 7.89. The lowest BCUT2D eigenvalue weighted by atomic mass is 9.96. The summed E-state index contributed by atoms with van der Waals surface area (Å²) in [6.45, 7) is 0.860. The van der Waals surface area contributed by atoms with Crippen molar-refractivity contribution < 1.29 is 18.3 Å². The second kappa shape index (κ2) is 6.57. The molecule has 1 saturated carbocycles. The van der Waals surface area contributed by atoms with E-state index in [0.29, 0.717) is 13.0 Å². The summed E-state index contributed by atoms with van der Waals surface area (Å²) in [5.41, 5.74) is 0.143. The van der Waals surface area contributed by atoms with Crippen molar-refractivity contribution in [3.63, 3.8) is 0 Å². The summed E-state index contributed by atoms with van der Waals surface area (Å²) in [5, 5.41) is 19.4. The second-order valence-electron chi connectivity index (χ2n) is 6.03. The maximum Gasteiger partial charge on any atom is 0.244 e. The highest BCUT2D eigenvalue weighted by atomic mass is 32.2. The summed E-state index contributed by atoms with van der Waals surface area (Å²) in [6.07, 6.45) is 1.89. The predicted molar refractivity (Wildman–Crippen MR) is 83.0 cm³/mol. The van der Waals surface area contributed by atoms with Gasteiger partial charge in [-0.25, -0.2) is 8.42 Å². The average Bonchev–Trinajstić information content (AvgIpc) is 3.00. The van der Waals surface area contributed by atoms with Gasteiger partial charge in [-0.05, 0) is 25.0 Å². The topological polar surface area (TPSA) is 90.6 Å². The molecule has 1 heterocycles. The third-order valence-electron chi connectivity index (χ3n) is 4.73. The minimum absolute atomic E-state index is 0.0295. The van der Waals surface area contributed by atoms with E-state index < -0.39 is 16.1 Å². The number of aliphatic hydroxyl groups excluding tert-OH is 1. The number of sulfonamides is 1. The molecule has 1 N–H and O–H groups in total. The molecule has 3 rings (SSSR count).